The molecule has 1 rings (SSSR count). The summed E-state index contributed by atoms with van der Waals surface area (Å²) in [4.78, 5) is 4.00. The minimum absolute atomic E-state index is 0.0451. The number of hydrogen-bond acceptors (Lipinski definition) is 4. The Balaban J connectivity index is 2.26. The molecule has 0 aliphatic rings. The van der Waals surface area contributed by atoms with Gasteiger partial charge >= 0.3 is 5.51 Å². The van der Waals surface area contributed by atoms with Gasteiger partial charge in [0.25, 0.3) is 0 Å². The standard InChI is InChI=1S/C9H15F3N4S/c1-2-3-13-6-8-14-7-16(15-8)4-5-17-9(10,11)12/h7,13H,2-6H2,1H3. The number of halogens is 3. The third kappa shape index (κ3) is 6.52. The number of alkyl halides is 3. The van der Waals surface area contributed by atoms with Gasteiger partial charge in [-0.2, -0.15) is 18.3 Å². The van der Waals surface area contributed by atoms with Crippen LogP contribution in [-0.2, 0) is 13.1 Å². The van der Waals surface area contributed by atoms with Crippen molar-refractivity contribution in [1.29, 1.82) is 0 Å². The van der Waals surface area contributed by atoms with E-state index in [0.29, 0.717) is 12.4 Å². The summed E-state index contributed by atoms with van der Waals surface area (Å²) in [6.45, 7) is 3.68. The highest BCUT2D eigenvalue weighted by Crippen LogP contribution is 2.29. The van der Waals surface area contributed by atoms with Gasteiger partial charge in [0.2, 0.25) is 0 Å². The molecule has 0 aliphatic heterocycles. The van der Waals surface area contributed by atoms with E-state index in [1.165, 1.54) is 11.0 Å². The van der Waals surface area contributed by atoms with Crippen LogP contribution in [0.4, 0.5) is 13.2 Å². The third-order valence-electron chi connectivity index (χ3n) is 1.88. The lowest BCUT2D eigenvalue weighted by Gasteiger charge is -2.04. The minimum Gasteiger partial charge on any atom is -0.310 e. The van der Waals surface area contributed by atoms with E-state index in [9.17, 15) is 13.2 Å². The van der Waals surface area contributed by atoms with E-state index in [4.69, 9.17) is 0 Å². The third-order valence-corrected chi connectivity index (χ3v) is 2.59. The Kier molecular flexibility index (Phi) is 5.76. The average Bonchev–Trinajstić information content (AvgIpc) is 2.64. The van der Waals surface area contributed by atoms with Crippen LogP contribution in [0.25, 0.3) is 0 Å². The topological polar surface area (TPSA) is 42.7 Å². The van der Waals surface area contributed by atoms with E-state index in [0.717, 1.165) is 13.0 Å². The maximum Gasteiger partial charge on any atom is 0.441 e. The molecule has 17 heavy (non-hydrogen) atoms. The van der Waals surface area contributed by atoms with E-state index in [1.807, 2.05) is 6.92 Å². The summed E-state index contributed by atoms with van der Waals surface area (Å²) >= 11 is -0.0451. The van der Waals surface area contributed by atoms with E-state index in [1.54, 1.807) is 0 Å². The van der Waals surface area contributed by atoms with Crippen molar-refractivity contribution in [2.45, 2.75) is 31.9 Å². The summed E-state index contributed by atoms with van der Waals surface area (Å²) in [6, 6.07) is 0. The van der Waals surface area contributed by atoms with Crippen LogP contribution in [0.3, 0.4) is 0 Å². The van der Waals surface area contributed by atoms with Gasteiger partial charge in [-0.1, -0.05) is 6.92 Å². The van der Waals surface area contributed by atoms with Gasteiger partial charge in [0, 0.05) is 5.75 Å². The first kappa shape index (κ1) is 14.3. The predicted octanol–water partition coefficient (Wildman–Crippen LogP) is 2.03. The second-order valence-corrected chi connectivity index (χ2v) is 4.55. The number of nitrogens with one attached hydrogen (secondary N) is 1. The average molecular weight is 268 g/mol. The Morgan fingerprint density at radius 1 is 1.47 bits per heavy atom. The van der Waals surface area contributed by atoms with Crippen molar-refractivity contribution >= 4 is 11.8 Å². The summed E-state index contributed by atoms with van der Waals surface area (Å²) in [5.74, 6) is 0.560. The SMILES string of the molecule is CCCNCc1ncn(CCSC(F)(F)F)n1. The normalized spacial score (nSPS) is 12.0. The van der Waals surface area contributed by atoms with E-state index >= 15 is 0 Å². The van der Waals surface area contributed by atoms with Crippen molar-refractivity contribution in [2.75, 3.05) is 12.3 Å². The van der Waals surface area contributed by atoms with Gasteiger partial charge < -0.3 is 5.32 Å². The maximum atomic E-state index is 11.9. The molecule has 0 saturated heterocycles. The second kappa shape index (κ2) is 6.85. The lowest BCUT2D eigenvalue weighted by molar-refractivity contribution is -0.0328. The van der Waals surface area contributed by atoms with Gasteiger partial charge in [-0.3, -0.25) is 4.68 Å². The van der Waals surface area contributed by atoms with Crippen molar-refractivity contribution in [1.82, 2.24) is 20.1 Å². The molecule has 0 bridgehead atoms. The molecule has 0 atom stereocenters. The number of thioether (sulfide) groups is 1. The smallest absolute Gasteiger partial charge is 0.310 e. The van der Waals surface area contributed by atoms with Crippen LogP contribution in [0.5, 0.6) is 0 Å². The molecule has 0 fully saturated rings. The van der Waals surface area contributed by atoms with Crippen LogP contribution in [0.15, 0.2) is 6.33 Å². The molecule has 1 aromatic heterocycles. The first-order chi connectivity index (χ1) is 8.01. The van der Waals surface area contributed by atoms with Crippen LogP contribution in [-0.4, -0.2) is 32.6 Å². The molecule has 0 aliphatic carbocycles. The number of nitrogens with zero attached hydrogens (tertiary/aromatic N) is 3. The fraction of sp³-hybridized carbons (Fsp3) is 0.778. The zero-order valence-electron chi connectivity index (χ0n) is 9.50. The highest BCUT2D eigenvalue weighted by molar-refractivity contribution is 8.00. The van der Waals surface area contributed by atoms with Crippen molar-refractivity contribution in [3.8, 4) is 0 Å². The lowest BCUT2D eigenvalue weighted by atomic mass is 10.5. The van der Waals surface area contributed by atoms with Crippen molar-refractivity contribution < 1.29 is 13.2 Å². The van der Waals surface area contributed by atoms with Crippen LogP contribution in [0.1, 0.15) is 19.2 Å². The summed E-state index contributed by atoms with van der Waals surface area (Å²) < 4.78 is 37.1. The molecule has 0 aromatic carbocycles. The summed E-state index contributed by atoms with van der Waals surface area (Å²) in [5.41, 5.74) is -4.17. The van der Waals surface area contributed by atoms with E-state index in [-0.39, 0.29) is 24.1 Å². The van der Waals surface area contributed by atoms with Crippen LogP contribution < -0.4 is 5.32 Å². The van der Waals surface area contributed by atoms with Crippen molar-refractivity contribution in [3.63, 3.8) is 0 Å². The maximum absolute atomic E-state index is 11.9. The van der Waals surface area contributed by atoms with Gasteiger partial charge in [0.05, 0.1) is 13.1 Å². The molecule has 8 heteroatoms. The first-order valence-electron chi connectivity index (χ1n) is 5.31. The monoisotopic (exact) mass is 268 g/mol. The van der Waals surface area contributed by atoms with Gasteiger partial charge in [-0.25, -0.2) is 4.98 Å². The molecule has 1 heterocycles. The van der Waals surface area contributed by atoms with Gasteiger partial charge in [0.15, 0.2) is 5.82 Å². The molecule has 98 valence electrons. The molecular weight excluding hydrogens is 253 g/mol. The molecule has 0 amide bonds. The van der Waals surface area contributed by atoms with Crippen LogP contribution in [0, 0.1) is 0 Å². The fourth-order valence-corrected chi connectivity index (χ4v) is 1.66. The second-order valence-electron chi connectivity index (χ2n) is 3.39. The summed E-state index contributed by atoms with van der Waals surface area (Å²) in [5, 5.41) is 7.19. The zero-order chi connectivity index (χ0) is 12.7. The Morgan fingerprint density at radius 3 is 2.88 bits per heavy atom. The zero-order valence-corrected chi connectivity index (χ0v) is 10.3. The molecule has 0 spiro atoms. The van der Waals surface area contributed by atoms with Crippen LogP contribution >= 0.6 is 11.8 Å². The number of rotatable bonds is 7. The van der Waals surface area contributed by atoms with Crippen LogP contribution in [0.2, 0.25) is 0 Å². The molecule has 0 saturated carbocycles. The number of aryl methyl sites for hydroxylation is 1. The molecule has 0 radical (unpaired) electrons. The number of hydrogen-bond donors (Lipinski definition) is 1. The molecular formula is C9H15F3N4S. The molecule has 1 aromatic rings. The van der Waals surface area contributed by atoms with Gasteiger partial charge in [-0.05, 0) is 24.7 Å². The Morgan fingerprint density at radius 2 is 2.24 bits per heavy atom. The molecule has 0 unspecified atom stereocenters. The Hall–Kier alpha value is -0.760. The molecule has 4 nitrogen and oxygen atoms in total. The largest absolute Gasteiger partial charge is 0.441 e. The summed E-state index contributed by atoms with van der Waals surface area (Å²) in [7, 11) is 0. The van der Waals surface area contributed by atoms with E-state index < -0.39 is 5.51 Å². The predicted molar refractivity (Wildman–Crippen MR) is 60.5 cm³/mol. The number of aromatic nitrogens is 3. The Bertz CT molecular complexity index is 326. The van der Waals surface area contributed by atoms with Crippen molar-refractivity contribution in [2.24, 2.45) is 0 Å². The Labute approximate surface area is 102 Å². The highest BCUT2D eigenvalue weighted by atomic mass is 32.2. The minimum atomic E-state index is -4.17. The quantitative estimate of drug-likeness (QED) is 0.768. The fourth-order valence-electron chi connectivity index (χ4n) is 1.15. The molecule has 1 N–H and O–H groups in total. The summed E-state index contributed by atoms with van der Waals surface area (Å²) in [6.07, 6.45) is 2.48. The first-order valence-corrected chi connectivity index (χ1v) is 6.29. The van der Waals surface area contributed by atoms with Gasteiger partial charge in [-0.15, -0.1) is 0 Å². The highest BCUT2D eigenvalue weighted by Gasteiger charge is 2.27. The van der Waals surface area contributed by atoms with E-state index in [2.05, 4.69) is 15.4 Å². The van der Waals surface area contributed by atoms with Gasteiger partial charge in [0.1, 0.15) is 6.33 Å². The van der Waals surface area contributed by atoms with Crippen molar-refractivity contribution in [3.05, 3.63) is 12.2 Å². The lowest BCUT2D eigenvalue weighted by Crippen LogP contribution is -2.15.